The smallest absolute Gasteiger partial charge is 0.332 e. The molecule has 0 radical (unpaired) electrons. The number of ether oxygens (including phenoxy) is 1. The quantitative estimate of drug-likeness (QED) is 0.620. The molecule has 0 atom stereocenters. The fraction of sp³-hybridized carbons (Fsp3) is 0.200. The van der Waals surface area contributed by atoms with Crippen molar-refractivity contribution >= 4 is 23.8 Å². The first-order valence-electron chi connectivity index (χ1n) is 4.53. The van der Waals surface area contributed by atoms with E-state index in [1.165, 1.54) is 6.21 Å². The van der Waals surface area contributed by atoms with Crippen molar-refractivity contribution in [3.05, 3.63) is 28.8 Å². The molecular weight excluding hydrogens is 230 g/mol. The Morgan fingerprint density at radius 1 is 1.69 bits per heavy atom. The number of urea groups is 1. The SMILES string of the molecule is COc1ccc(Cl)cc1C/C=N/NC(N)=O. The van der Waals surface area contributed by atoms with E-state index in [0.717, 1.165) is 11.3 Å². The van der Waals surface area contributed by atoms with Gasteiger partial charge < -0.3 is 10.5 Å². The minimum Gasteiger partial charge on any atom is -0.496 e. The molecule has 2 amide bonds. The fourth-order valence-corrected chi connectivity index (χ4v) is 1.35. The van der Waals surface area contributed by atoms with E-state index in [2.05, 4.69) is 10.5 Å². The highest BCUT2D eigenvalue weighted by atomic mass is 35.5. The van der Waals surface area contributed by atoms with Gasteiger partial charge in [0.25, 0.3) is 0 Å². The van der Waals surface area contributed by atoms with Crippen LogP contribution in [0.3, 0.4) is 0 Å². The standard InChI is InChI=1S/C10H12ClN3O2/c1-16-9-3-2-8(11)6-7(9)4-5-13-14-10(12)15/h2-3,5-6H,4H2,1H3,(H3,12,14,15)/b13-5+. The minimum absolute atomic E-state index is 0.490. The summed E-state index contributed by atoms with van der Waals surface area (Å²) in [5.41, 5.74) is 7.82. The van der Waals surface area contributed by atoms with Crippen LogP contribution in [0, 0.1) is 0 Å². The number of primary amides is 1. The molecule has 5 nitrogen and oxygen atoms in total. The van der Waals surface area contributed by atoms with Crippen LogP contribution >= 0.6 is 11.6 Å². The third-order valence-corrected chi connectivity index (χ3v) is 2.05. The molecule has 0 aliphatic carbocycles. The molecule has 0 bridgehead atoms. The molecule has 1 aromatic carbocycles. The van der Waals surface area contributed by atoms with Gasteiger partial charge in [0.2, 0.25) is 0 Å². The maximum absolute atomic E-state index is 10.3. The highest BCUT2D eigenvalue weighted by molar-refractivity contribution is 6.30. The molecular formula is C10H12ClN3O2. The van der Waals surface area contributed by atoms with E-state index >= 15 is 0 Å². The van der Waals surface area contributed by atoms with Crippen LogP contribution < -0.4 is 15.9 Å². The second-order valence-corrected chi connectivity index (χ2v) is 3.38. The Kier molecular flexibility index (Phi) is 4.60. The number of hydrogen-bond acceptors (Lipinski definition) is 3. The van der Waals surface area contributed by atoms with Crippen molar-refractivity contribution in [2.75, 3.05) is 7.11 Å². The Morgan fingerprint density at radius 3 is 3.06 bits per heavy atom. The monoisotopic (exact) mass is 241 g/mol. The van der Waals surface area contributed by atoms with Gasteiger partial charge >= 0.3 is 6.03 Å². The normalized spacial score (nSPS) is 10.4. The molecule has 0 unspecified atom stereocenters. The molecule has 0 saturated heterocycles. The molecule has 1 aromatic rings. The number of carbonyl (C=O) groups is 1. The lowest BCUT2D eigenvalue weighted by molar-refractivity contribution is 0.249. The summed E-state index contributed by atoms with van der Waals surface area (Å²) in [5, 5.41) is 4.24. The van der Waals surface area contributed by atoms with Crippen molar-refractivity contribution in [1.29, 1.82) is 0 Å². The highest BCUT2D eigenvalue weighted by Gasteiger charge is 2.01. The van der Waals surface area contributed by atoms with Gasteiger partial charge in [0, 0.05) is 23.2 Å². The topological polar surface area (TPSA) is 76.7 Å². The largest absolute Gasteiger partial charge is 0.496 e. The van der Waals surface area contributed by atoms with Crippen LogP contribution in [-0.4, -0.2) is 19.4 Å². The van der Waals surface area contributed by atoms with Crippen molar-refractivity contribution in [3.63, 3.8) is 0 Å². The number of hydrogen-bond donors (Lipinski definition) is 2. The predicted octanol–water partition coefficient (Wildman–Crippen LogP) is 1.55. The summed E-state index contributed by atoms with van der Waals surface area (Å²) in [4.78, 5) is 10.3. The summed E-state index contributed by atoms with van der Waals surface area (Å²) in [6.45, 7) is 0. The van der Waals surface area contributed by atoms with Crippen LogP contribution in [0.15, 0.2) is 23.3 Å². The number of rotatable bonds is 4. The maximum atomic E-state index is 10.3. The van der Waals surface area contributed by atoms with Gasteiger partial charge in [-0.05, 0) is 18.2 Å². The lowest BCUT2D eigenvalue weighted by Gasteiger charge is -2.06. The van der Waals surface area contributed by atoms with Gasteiger partial charge in [-0.2, -0.15) is 5.10 Å². The van der Waals surface area contributed by atoms with Crippen LogP contribution in [0.25, 0.3) is 0 Å². The van der Waals surface area contributed by atoms with Gasteiger partial charge in [0.05, 0.1) is 7.11 Å². The molecule has 3 N–H and O–H groups in total. The molecule has 6 heteroatoms. The average Bonchev–Trinajstić information content (AvgIpc) is 2.24. The summed E-state index contributed by atoms with van der Waals surface area (Å²) in [7, 11) is 1.57. The third kappa shape index (κ3) is 3.78. The molecule has 0 aliphatic rings. The molecule has 0 fully saturated rings. The first kappa shape index (κ1) is 12.3. The zero-order valence-corrected chi connectivity index (χ0v) is 9.49. The predicted molar refractivity (Wildman–Crippen MR) is 62.9 cm³/mol. The zero-order valence-electron chi connectivity index (χ0n) is 8.74. The molecule has 0 saturated carbocycles. The van der Waals surface area contributed by atoms with Crippen molar-refractivity contribution in [1.82, 2.24) is 5.43 Å². The molecule has 0 aromatic heterocycles. The van der Waals surface area contributed by atoms with Crippen LogP contribution in [0.4, 0.5) is 4.79 Å². The Morgan fingerprint density at radius 2 is 2.44 bits per heavy atom. The first-order valence-corrected chi connectivity index (χ1v) is 4.90. The summed E-state index contributed by atoms with van der Waals surface area (Å²) in [6.07, 6.45) is 2.00. The van der Waals surface area contributed by atoms with E-state index in [-0.39, 0.29) is 0 Å². The van der Waals surface area contributed by atoms with Crippen molar-refractivity contribution in [3.8, 4) is 5.75 Å². The number of benzene rings is 1. The number of nitrogens with one attached hydrogen (secondary N) is 1. The Hall–Kier alpha value is -1.75. The lowest BCUT2D eigenvalue weighted by Crippen LogP contribution is -2.24. The van der Waals surface area contributed by atoms with Gasteiger partial charge in [0.1, 0.15) is 5.75 Å². The summed E-state index contributed by atoms with van der Waals surface area (Å²) in [6, 6.07) is 4.58. The molecule has 1 rings (SSSR count). The Balaban J connectivity index is 2.68. The second kappa shape index (κ2) is 5.97. The van der Waals surface area contributed by atoms with Crippen LogP contribution in [0.1, 0.15) is 5.56 Å². The third-order valence-electron chi connectivity index (χ3n) is 1.82. The fourth-order valence-electron chi connectivity index (χ4n) is 1.16. The number of halogens is 1. The number of methoxy groups -OCH3 is 1. The summed E-state index contributed by atoms with van der Waals surface area (Å²) in [5.74, 6) is 0.718. The van der Waals surface area contributed by atoms with Gasteiger partial charge in [0.15, 0.2) is 0 Å². The van der Waals surface area contributed by atoms with Crippen molar-refractivity contribution < 1.29 is 9.53 Å². The number of nitrogens with two attached hydrogens (primary N) is 1. The van der Waals surface area contributed by atoms with Crippen LogP contribution in [0.5, 0.6) is 5.75 Å². The van der Waals surface area contributed by atoms with Crippen LogP contribution in [-0.2, 0) is 6.42 Å². The Bertz CT molecular complexity index is 407. The van der Waals surface area contributed by atoms with Crippen LogP contribution in [0.2, 0.25) is 5.02 Å². The van der Waals surface area contributed by atoms with Gasteiger partial charge in [-0.25, -0.2) is 10.2 Å². The lowest BCUT2D eigenvalue weighted by atomic mass is 10.1. The minimum atomic E-state index is -0.700. The first-order chi connectivity index (χ1) is 7.63. The second-order valence-electron chi connectivity index (χ2n) is 2.95. The maximum Gasteiger partial charge on any atom is 0.332 e. The molecule has 0 spiro atoms. The summed E-state index contributed by atoms with van der Waals surface area (Å²) >= 11 is 5.85. The number of carbonyl (C=O) groups excluding carboxylic acids is 1. The average molecular weight is 242 g/mol. The number of hydrazone groups is 1. The van der Waals surface area contributed by atoms with Crippen molar-refractivity contribution in [2.45, 2.75) is 6.42 Å². The van der Waals surface area contributed by atoms with E-state index in [1.54, 1.807) is 25.3 Å². The van der Waals surface area contributed by atoms with Gasteiger partial charge in [-0.3, -0.25) is 0 Å². The van der Waals surface area contributed by atoms with E-state index < -0.39 is 6.03 Å². The molecule has 0 heterocycles. The van der Waals surface area contributed by atoms with E-state index in [1.807, 2.05) is 0 Å². The van der Waals surface area contributed by atoms with E-state index in [4.69, 9.17) is 22.1 Å². The van der Waals surface area contributed by atoms with Gasteiger partial charge in [-0.1, -0.05) is 11.6 Å². The van der Waals surface area contributed by atoms with Gasteiger partial charge in [-0.15, -0.1) is 0 Å². The van der Waals surface area contributed by atoms with Crippen molar-refractivity contribution in [2.24, 2.45) is 10.8 Å². The number of nitrogens with zero attached hydrogens (tertiary/aromatic N) is 1. The molecule has 16 heavy (non-hydrogen) atoms. The van der Waals surface area contributed by atoms with E-state index in [0.29, 0.717) is 11.4 Å². The molecule has 0 aliphatic heterocycles. The highest BCUT2D eigenvalue weighted by Crippen LogP contribution is 2.22. The Labute approximate surface area is 98.2 Å². The zero-order chi connectivity index (χ0) is 12.0. The number of amides is 2. The summed E-state index contributed by atoms with van der Waals surface area (Å²) < 4.78 is 5.15. The molecule has 86 valence electrons. The van der Waals surface area contributed by atoms with E-state index in [9.17, 15) is 4.79 Å².